The summed E-state index contributed by atoms with van der Waals surface area (Å²) in [4.78, 5) is 10.0. The Morgan fingerprint density at radius 2 is 0.833 bits per heavy atom. The summed E-state index contributed by atoms with van der Waals surface area (Å²) in [5.74, 6) is 0. The van der Waals surface area contributed by atoms with Crippen molar-refractivity contribution in [1.82, 2.24) is 0 Å². The molecule has 0 fully saturated rings. The highest BCUT2D eigenvalue weighted by Crippen LogP contribution is 2.37. The molecule has 2 heterocycles. The fourth-order valence-electron chi connectivity index (χ4n) is 6.01. The van der Waals surface area contributed by atoms with Gasteiger partial charge in [0.25, 0.3) is 0 Å². The molecule has 48 heavy (non-hydrogen) atoms. The second kappa shape index (κ2) is 12.4. The highest BCUT2D eigenvalue weighted by atomic mass is 15.0. The van der Waals surface area contributed by atoms with Crippen LogP contribution in [0.25, 0.3) is 11.1 Å². The molecule has 230 valence electrons. The third-order valence-corrected chi connectivity index (χ3v) is 8.59. The number of hydrogen-bond acceptors (Lipinski definition) is 6. The van der Waals surface area contributed by atoms with Gasteiger partial charge in [-0.2, -0.15) is 10.5 Å². The van der Waals surface area contributed by atoms with Crippen LogP contribution in [0.1, 0.15) is 44.5 Å². The van der Waals surface area contributed by atoms with E-state index in [2.05, 4.69) is 34.9 Å². The maximum absolute atomic E-state index is 10.5. The summed E-state index contributed by atoms with van der Waals surface area (Å²) in [6.45, 7) is 8.19. The fraction of sp³-hybridized carbons (Fsp3) is 0.0952. The van der Waals surface area contributed by atoms with E-state index in [0.717, 1.165) is 78.7 Å². The van der Waals surface area contributed by atoms with Crippen molar-refractivity contribution in [3.05, 3.63) is 165 Å². The van der Waals surface area contributed by atoms with Gasteiger partial charge in [-0.05, 0) is 87.4 Å². The smallest absolute Gasteiger partial charge is 0.102 e. The van der Waals surface area contributed by atoms with Crippen molar-refractivity contribution in [3.63, 3.8) is 0 Å². The number of benzene rings is 5. The van der Waals surface area contributed by atoms with E-state index in [1.165, 1.54) is 0 Å². The largest absolute Gasteiger partial charge is 0.352 e. The lowest BCUT2D eigenvalue weighted by Gasteiger charge is -2.10. The number of nitrogens with one attached hydrogen (secondary N) is 2. The summed E-state index contributed by atoms with van der Waals surface area (Å²) >= 11 is 0. The van der Waals surface area contributed by atoms with E-state index in [4.69, 9.17) is 9.98 Å². The summed E-state index contributed by atoms with van der Waals surface area (Å²) in [6, 6.07) is 40.8. The molecular formula is C42H32N6. The normalized spacial score (nSPS) is 16.8. The van der Waals surface area contributed by atoms with Gasteiger partial charge in [-0.25, -0.2) is 9.98 Å². The van der Waals surface area contributed by atoms with Gasteiger partial charge in [0, 0.05) is 22.5 Å². The Hall–Kier alpha value is -6.50. The minimum absolute atomic E-state index is 0.468. The molecular weight excluding hydrogens is 589 g/mol. The maximum Gasteiger partial charge on any atom is 0.102 e. The number of hydrogen-bond donors (Lipinski definition) is 2. The van der Waals surface area contributed by atoms with Gasteiger partial charge in [0.1, 0.15) is 12.1 Å². The Morgan fingerprint density at radius 1 is 0.479 bits per heavy atom. The number of fused-ring (bicyclic) bond motifs is 2. The van der Waals surface area contributed by atoms with Crippen molar-refractivity contribution in [2.45, 2.75) is 27.7 Å². The van der Waals surface area contributed by atoms with Crippen LogP contribution in [0.15, 0.2) is 131 Å². The zero-order chi connectivity index (χ0) is 33.4. The van der Waals surface area contributed by atoms with Crippen molar-refractivity contribution >= 4 is 45.3 Å². The fourth-order valence-corrected chi connectivity index (χ4v) is 6.01. The van der Waals surface area contributed by atoms with Gasteiger partial charge < -0.3 is 10.6 Å². The molecule has 0 radical (unpaired) electrons. The van der Waals surface area contributed by atoms with Crippen LogP contribution in [0.4, 0.5) is 22.7 Å². The minimum Gasteiger partial charge on any atom is -0.352 e. The lowest BCUT2D eigenvalue weighted by atomic mass is 9.96. The molecule has 0 saturated heterocycles. The highest BCUT2D eigenvalue weighted by Gasteiger charge is 2.29. The van der Waals surface area contributed by atoms with E-state index in [1.807, 2.05) is 125 Å². The van der Waals surface area contributed by atoms with Crippen molar-refractivity contribution in [3.8, 4) is 12.1 Å². The molecule has 0 aromatic heterocycles. The summed E-state index contributed by atoms with van der Waals surface area (Å²) < 4.78 is 0. The van der Waals surface area contributed by atoms with Crippen molar-refractivity contribution in [2.75, 3.05) is 10.6 Å². The van der Waals surface area contributed by atoms with Gasteiger partial charge >= 0.3 is 0 Å². The van der Waals surface area contributed by atoms with Crippen LogP contribution in [-0.4, -0.2) is 11.4 Å². The zero-order valence-electron chi connectivity index (χ0n) is 27.2. The number of allylic oxidation sites excluding steroid dienone is 4. The molecule has 2 N–H and O–H groups in total. The monoisotopic (exact) mass is 620 g/mol. The molecule has 2 aliphatic heterocycles. The first-order valence-electron chi connectivity index (χ1n) is 15.8. The number of anilines is 2. The van der Waals surface area contributed by atoms with Crippen LogP contribution < -0.4 is 10.6 Å². The van der Waals surface area contributed by atoms with Gasteiger partial charge in [-0.15, -0.1) is 0 Å². The summed E-state index contributed by atoms with van der Waals surface area (Å²) in [5.41, 5.74) is 15.0. The quantitative estimate of drug-likeness (QED) is 0.196. The molecule has 5 aromatic rings. The molecule has 0 amide bonds. The molecule has 0 atom stereocenters. The van der Waals surface area contributed by atoms with Crippen LogP contribution in [0.2, 0.25) is 0 Å². The van der Waals surface area contributed by atoms with Crippen LogP contribution in [0, 0.1) is 50.4 Å². The van der Waals surface area contributed by atoms with E-state index in [0.29, 0.717) is 22.5 Å². The second-order valence-corrected chi connectivity index (χ2v) is 12.2. The third kappa shape index (κ3) is 5.68. The highest BCUT2D eigenvalue weighted by molar-refractivity contribution is 6.27. The third-order valence-electron chi connectivity index (χ3n) is 8.59. The van der Waals surface area contributed by atoms with Crippen LogP contribution in [0.3, 0.4) is 0 Å². The predicted octanol–water partition coefficient (Wildman–Crippen LogP) is 9.88. The first-order valence-corrected chi connectivity index (χ1v) is 15.8. The molecule has 0 aliphatic carbocycles. The van der Waals surface area contributed by atoms with Gasteiger partial charge in [0.2, 0.25) is 0 Å². The van der Waals surface area contributed by atoms with E-state index in [-0.39, 0.29) is 0 Å². The van der Waals surface area contributed by atoms with E-state index in [9.17, 15) is 10.5 Å². The Labute approximate surface area is 280 Å². The number of aliphatic imine (C=N–C) groups is 2. The van der Waals surface area contributed by atoms with E-state index in [1.54, 1.807) is 0 Å². The topological polar surface area (TPSA) is 96.4 Å². The first-order chi connectivity index (χ1) is 23.3. The van der Waals surface area contributed by atoms with E-state index >= 15 is 0 Å². The maximum atomic E-state index is 10.5. The van der Waals surface area contributed by atoms with Crippen molar-refractivity contribution in [2.24, 2.45) is 9.98 Å². The molecule has 7 rings (SSSR count). The van der Waals surface area contributed by atoms with E-state index < -0.39 is 0 Å². The molecule has 6 nitrogen and oxygen atoms in total. The van der Waals surface area contributed by atoms with Gasteiger partial charge in [-0.3, -0.25) is 0 Å². The van der Waals surface area contributed by atoms with Crippen molar-refractivity contribution < 1.29 is 0 Å². The predicted molar refractivity (Wildman–Crippen MR) is 196 cm³/mol. The Bertz CT molecular complexity index is 2140. The summed E-state index contributed by atoms with van der Waals surface area (Å²) in [5, 5.41) is 28.0. The molecule has 2 aliphatic rings. The van der Waals surface area contributed by atoms with Crippen LogP contribution >= 0.6 is 0 Å². The number of nitrogens with zero attached hydrogens (tertiary/aromatic N) is 4. The minimum atomic E-state index is 0.468. The molecule has 6 heteroatoms. The van der Waals surface area contributed by atoms with Gasteiger partial charge in [-0.1, -0.05) is 82.9 Å². The average molecular weight is 621 g/mol. The van der Waals surface area contributed by atoms with Gasteiger partial charge in [0.05, 0.1) is 45.3 Å². The lowest BCUT2D eigenvalue weighted by Crippen LogP contribution is -2.07. The SMILES string of the molecule is Cc1ccc(N=C2/C(=C(\C#N)c3ccc(/C(C#N)=C4\Nc5ccc(C)cc5C4=Nc4ccc(C)cc4)cc3)Nc3ccc(C)cc32)cc1. The molecule has 0 spiro atoms. The first kappa shape index (κ1) is 30.2. The Morgan fingerprint density at radius 3 is 1.19 bits per heavy atom. The second-order valence-electron chi connectivity index (χ2n) is 12.2. The number of nitriles is 2. The zero-order valence-corrected chi connectivity index (χ0v) is 27.2. The average Bonchev–Trinajstić information content (AvgIpc) is 3.61. The lowest BCUT2D eigenvalue weighted by molar-refractivity contribution is 1.42. The molecule has 5 aromatic carbocycles. The summed E-state index contributed by atoms with van der Waals surface area (Å²) in [6.07, 6.45) is 0. The Balaban J connectivity index is 1.32. The molecule has 0 bridgehead atoms. The summed E-state index contributed by atoms with van der Waals surface area (Å²) in [7, 11) is 0. The molecule has 0 unspecified atom stereocenters. The molecule has 0 saturated carbocycles. The Kier molecular flexibility index (Phi) is 7.77. The van der Waals surface area contributed by atoms with Gasteiger partial charge in [0.15, 0.2) is 0 Å². The van der Waals surface area contributed by atoms with Crippen LogP contribution in [0.5, 0.6) is 0 Å². The van der Waals surface area contributed by atoms with Crippen molar-refractivity contribution in [1.29, 1.82) is 10.5 Å². The number of aryl methyl sites for hydroxylation is 4. The standard InChI is InChI=1S/C42H32N6/c1-25-5-15-31(16-6-25)45-39-33-21-27(3)9-19-37(33)47-41(39)35(23-43)29-11-13-30(14-12-29)36(24-44)42-40(46-32-17-7-26(2)8-18-32)34-22-28(4)10-20-38(34)48-42/h5-22,47-48H,1-4H3/b41-35-,42-36-,45-39?,46-40?. The number of rotatable bonds is 4. The van der Waals surface area contributed by atoms with Crippen LogP contribution in [-0.2, 0) is 0 Å².